The Hall–Kier alpha value is -1.80. The van der Waals surface area contributed by atoms with Crippen LogP contribution >= 0.6 is 0 Å². The van der Waals surface area contributed by atoms with Gasteiger partial charge in [-0.1, -0.05) is 42.5 Å². The Kier molecular flexibility index (Phi) is 5.63. The summed E-state index contributed by atoms with van der Waals surface area (Å²) in [7, 11) is 3.73. The zero-order valence-electron chi connectivity index (χ0n) is 12.3. The molecule has 0 fully saturated rings. The molecule has 0 bridgehead atoms. The van der Waals surface area contributed by atoms with E-state index < -0.39 is 0 Å². The molecule has 106 valence electrons. The largest absolute Gasteiger partial charge is 0.497 e. The SMILES string of the molecule is CNC(CCCc1ccccc1)c1cccc(OC)c1. The Labute approximate surface area is 121 Å². The Bertz CT molecular complexity index is 510. The van der Waals surface area contributed by atoms with Gasteiger partial charge in [-0.15, -0.1) is 0 Å². The van der Waals surface area contributed by atoms with Crippen LogP contribution < -0.4 is 10.1 Å². The third-order valence-corrected chi connectivity index (χ3v) is 3.65. The average molecular weight is 269 g/mol. The second-order valence-electron chi connectivity index (χ2n) is 5.00. The van der Waals surface area contributed by atoms with Crippen LogP contribution in [0.25, 0.3) is 0 Å². The van der Waals surface area contributed by atoms with E-state index in [1.807, 2.05) is 13.1 Å². The highest BCUT2D eigenvalue weighted by atomic mass is 16.5. The molecule has 0 saturated carbocycles. The van der Waals surface area contributed by atoms with Crippen LogP contribution in [0.1, 0.15) is 30.0 Å². The van der Waals surface area contributed by atoms with Gasteiger partial charge in [-0.05, 0) is 49.6 Å². The van der Waals surface area contributed by atoms with Gasteiger partial charge in [-0.3, -0.25) is 0 Å². The molecular formula is C18H23NO. The van der Waals surface area contributed by atoms with E-state index in [1.165, 1.54) is 17.5 Å². The van der Waals surface area contributed by atoms with Crippen LogP contribution in [0.3, 0.4) is 0 Å². The maximum absolute atomic E-state index is 5.30. The highest BCUT2D eigenvalue weighted by Gasteiger charge is 2.09. The average Bonchev–Trinajstić information content (AvgIpc) is 2.52. The second kappa shape index (κ2) is 7.71. The summed E-state index contributed by atoms with van der Waals surface area (Å²) in [5.41, 5.74) is 2.70. The minimum atomic E-state index is 0.383. The molecule has 20 heavy (non-hydrogen) atoms. The summed E-state index contributed by atoms with van der Waals surface area (Å²) in [4.78, 5) is 0. The van der Waals surface area contributed by atoms with Crippen LogP contribution in [-0.4, -0.2) is 14.2 Å². The number of methoxy groups -OCH3 is 1. The zero-order valence-corrected chi connectivity index (χ0v) is 12.3. The summed E-state index contributed by atoms with van der Waals surface area (Å²) in [6.45, 7) is 0. The van der Waals surface area contributed by atoms with Crippen molar-refractivity contribution in [3.05, 3.63) is 65.7 Å². The van der Waals surface area contributed by atoms with Crippen molar-refractivity contribution >= 4 is 0 Å². The molecule has 2 aromatic rings. The molecule has 2 heteroatoms. The molecule has 2 nitrogen and oxygen atoms in total. The van der Waals surface area contributed by atoms with Crippen molar-refractivity contribution in [3.8, 4) is 5.75 Å². The van der Waals surface area contributed by atoms with E-state index in [1.54, 1.807) is 7.11 Å². The van der Waals surface area contributed by atoms with Crippen LogP contribution in [0.4, 0.5) is 0 Å². The molecule has 0 amide bonds. The molecule has 0 aromatic heterocycles. The van der Waals surface area contributed by atoms with E-state index in [4.69, 9.17) is 4.74 Å². The molecule has 0 aliphatic carbocycles. The molecule has 1 unspecified atom stereocenters. The fraction of sp³-hybridized carbons (Fsp3) is 0.333. The van der Waals surface area contributed by atoms with E-state index in [9.17, 15) is 0 Å². The fourth-order valence-electron chi connectivity index (χ4n) is 2.49. The summed E-state index contributed by atoms with van der Waals surface area (Å²) in [6, 6.07) is 19.4. The lowest BCUT2D eigenvalue weighted by molar-refractivity contribution is 0.412. The highest BCUT2D eigenvalue weighted by molar-refractivity contribution is 5.30. The predicted octanol–water partition coefficient (Wildman–Crippen LogP) is 3.98. The number of benzene rings is 2. The first kappa shape index (κ1) is 14.6. The van der Waals surface area contributed by atoms with Crippen molar-refractivity contribution in [2.45, 2.75) is 25.3 Å². The zero-order chi connectivity index (χ0) is 14.2. The van der Waals surface area contributed by atoms with Gasteiger partial charge in [0.25, 0.3) is 0 Å². The molecule has 1 N–H and O–H groups in total. The van der Waals surface area contributed by atoms with Crippen molar-refractivity contribution in [3.63, 3.8) is 0 Å². The highest BCUT2D eigenvalue weighted by Crippen LogP contribution is 2.23. The molecule has 0 aliphatic heterocycles. The first-order valence-electron chi connectivity index (χ1n) is 7.18. The van der Waals surface area contributed by atoms with Crippen molar-refractivity contribution in [2.75, 3.05) is 14.2 Å². The van der Waals surface area contributed by atoms with Gasteiger partial charge in [-0.25, -0.2) is 0 Å². The van der Waals surface area contributed by atoms with E-state index in [0.717, 1.165) is 18.6 Å². The minimum Gasteiger partial charge on any atom is -0.497 e. The van der Waals surface area contributed by atoms with Gasteiger partial charge < -0.3 is 10.1 Å². The molecule has 0 radical (unpaired) electrons. The monoisotopic (exact) mass is 269 g/mol. The topological polar surface area (TPSA) is 21.3 Å². The smallest absolute Gasteiger partial charge is 0.119 e. The number of nitrogens with one attached hydrogen (secondary N) is 1. The summed E-state index contributed by atoms with van der Waals surface area (Å²) in [5, 5.41) is 3.40. The molecule has 0 heterocycles. The van der Waals surface area contributed by atoms with Gasteiger partial charge in [0.2, 0.25) is 0 Å². The normalized spacial score (nSPS) is 12.1. The summed E-state index contributed by atoms with van der Waals surface area (Å²) >= 11 is 0. The molecule has 1 atom stereocenters. The Morgan fingerprint density at radius 1 is 1.05 bits per heavy atom. The lowest BCUT2D eigenvalue weighted by Crippen LogP contribution is -2.16. The van der Waals surface area contributed by atoms with Gasteiger partial charge in [0.15, 0.2) is 0 Å². The Morgan fingerprint density at radius 2 is 1.85 bits per heavy atom. The van der Waals surface area contributed by atoms with Crippen molar-refractivity contribution in [1.29, 1.82) is 0 Å². The number of aryl methyl sites for hydroxylation is 1. The van der Waals surface area contributed by atoms with Crippen molar-refractivity contribution < 1.29 is 4.74 Å². The number of hydrogen-bond acceptors (Lipinski definition) is 2. The summed E-state index contributed by atoms with van der Waals surface area (Å²) in [5.74, 6) is 0.922. The second-order valence-corrected chi connectivity index (χ2v) is 5.00. The molecule has 0 aliphatic rings. The third-order valence-electron chi connectivity index (χ3n) is 3.65. The lowest BCUT2D eigenvalue weighted by Gasteiger charge is -2.17. The molecule has 0 saturated heterocycles. The van der Waals surface area contributed by atoms with Crippen LogP contribution in [-0.2, 0) is 6.42 Å². The van der Waals surface area contributed by atoms with Gasteiger partial charge >= 0.3 is 0 Å². The quantitative estimate of drug-likeness (QED) is 0.821. The van der Waals surface area contributed by atoms with E-state index in [2.05, 4.69) is 53.8 Å². The van der Waals surface area contributed by atoms with Gasteiger partial charge in [0.05, 0.1) is 7.11 Å². The van der Waals surface area contributed by atoms with Crippen molar-refractivity contribution in [2.24, 2.45) is 0 Å². The number of ether oxygens (including phenoxy) is 1. The lowest BCUT2D eigenvalue weighted by atomic mass is 9.99. The van der Waals surface area contributed by atoms with Crippen LogP contribution in [0.2, 0.25) is 0 Å². The van der Waals surface area contributed by atoms with Crippen molar-refractivity contribution in [1.82, 2.24) is 5.32 Å². The summed E-state index contributed by atoms with van der Waals surface area (Å²) < 4.78 is 5.30. The standard InChI is InChI=1S/C18H23NO/c1-19-18(16-11-7-12-17(14-16)20-2)13-6-10-15-8-4-3-5-9-15/h3-5,7-9,11-12,14,18-19H,6,10,13H2,1-2H3. The van der Waals surface area contributed by atoms with Crippen LogP contribution in [0, 0.1) is 0 Å². The maximum atomic E-state index is 5.30. The minimum absolute atomic E-state index is 0.383. The molecular weight excluding hydrogens is 246 g/mol. The fourth-order valence-corrected chi connectivity index (χ4v) is 2.49. The third kappa shape index (κ3) is 4.10. The Balaban J connectivity index is 1.91. The van der Waals surface area contributed by atoms with E-state index in [-0.39, 0.29) is 0 Å². The van der Waals surface area contributed by atoms with Gasteiger partial charge in [-0.2, -0.15) is 0 Å². The molecule has 0 spiro atoms. The first-order chi connectivity index (χ1) is 9.83. The van der Waals surface area contributed by atoms with E-state index in [0.29, 0.717) is 6.04 Å². The van der Waals surface area contributed by atoms with E-state index >= 15 is 0 Å². The Morgan fingerprint density at radius 3 is 2.55 bits per heavy atom. The molecule has 2 aromatic carbocycles. The first-order valence-corrected chi connectivity index (χ1v) is 7.18. The number of hydrogen-bond donors (Lipinski definition) is 1. The number of rotatable bonds is 7. The predicted molar refractivity (Wildman–Crippen MR) is 84.2 cm³/mol. The summed E-state index contributed by atoms with van der Waals surface area (Å²) in [6.07, 6.45) is 3.42. The van der Waals surface area contributed by atoms with Gasteiger partial charge in [0, 0.05) is 6.04 Å². The van der Waals surface area contributed by atoms with Crippen LogP contribution in [0.15, 0.2) is 54.6 Å². The molecule has 2 rings (SSSR count). The van der Waals surface area contributed by atoms with Crippen LogP contribution in [0.5, 0.6) is 5.75 Å². The van der Waals surface area contributed by atoms with Gasteiger partial charge in [0.1, 0.15) is 5.75 Å². The maximum Gasteiger partial charge on any atom is 0.119 e.